The summed E-state index contributed by atoms with van der Waals surface area (Å²) < 4.78 is 13.0. The van der Waals surface area contributed by atoms with E-state index in [1.54, 1.807) is 19.2 Å². The van der Waals surface area contributed by atoms with Crippen LogP contribution in [0.15, 0.2) is 80.7 Å². The first kappa shape index (κ1) is 26.1. The van der Waals surface area contributed by atoms with Crippen LogP contribution >= 0.6 is 0 Å². The molecule has 0 saturated carbocycles. The summed E-state index contributed by atoms with van der Waals surface area (Å²) in [5.74, 6) is 1.40. The first-order valence-electron chi connectivity index (χ1n) is 13.9. The lowest BCUT2D eigenvalue weighted by Crippen LogP contribution is -2.48. The molecule has 2 aliphatic heterocycles. The number of piperidine rings is 1. The monoisotopic (exact) mass is 539 g/mol. The van der Waals surface area contributed by atoms with Crippen LogP contribution in [0.25, 0.3) is 22.1 Å². The number of methoxy groups -OCH3 is 1. The van der Waals surface area contributed by atoms with E-state index in [1.807, 2.05) is 47.0 Å². The van der Waals surface area contributed by atoms with E-state index in [-0.39, 0.29) is 11.5 Å². The van der Waals surface area contributed by atoms with E-state index in [2.05, 4.69) is 16.3 Å². The van der Waals surface area contributed by atoms with Gasteiger partial charge in [-0.2, -0.15) is 0 Å². The maximum atomic E-state index is 12.8. The van der Waals surface area contributed by atoms with Crippen molar-refractivity contribution in [3.8, 4) is 16.9 Å². The summed E-state index contributed by atoms with van der Waals surface area (Å²) in [6.45, 7) is 4.00. The minimum absolute atomic E-state index is 0.0147. The van der Waals surface area contributed by atoms with E-state index in [9.17, 15) is 14.4 Å². The predicted molar refractivity (Wildman–Crippen MR) is 154 cm³/mol. The summed E-state index contributed by atoms with van der Waals surface area (Å²) >= 11 is 0. The van der Waals surface area contributed by atoms with Crippen LogP contribution in [0.5, 0.6) is 5.75 Å². The molecule has 2 aromatic carbocycles. The fourth-order valence-corrected chi connectivity index (χ4v) is 6.34. The van der Waals surface area contributed by atoms with Crippen molar-refractivity contribution in [2.45, 2.75) is 31.7 Å². The predicted octanol–water partition coefficient (Wildman–Crippen LogP) is 3.80. The second-order valence-corrected chi connectivity index (χ2v) is 10.8. The molecule has 4 aromatic rings. The van der Waals surface area contributed by atoms with Crippen LogP contribution in [0.4, 0.5) is 0 Å². The molecule has 0 radical (unpaired) electrons. The number of likely N-dealkylation sites (tertiary alicyclic amines) is 1. The molecule has 0 spiro atoms. The summed E-state index contributed by atoms with van der Waals surface area (Å²) in [7, 11) is 1.58. The van der Waals surface area contributed by atoms with Gasteiger partial charge in [-0.3, -0.25) is 9.59 Å². The molecule has 2 bridgehead atoms. The third-order valence-corrected chi connectivity index (χ3v) is 8.16. The van der Waals surface area contributed by atoms with Gasteiger partial charge in [0.2, 0.25) is 5.91 Å². The molecule has 1 fully saturated rings. The number of hydrogen-bond acceptors (Lipinski definition) is 6. The molecule has 1 amide bonds. The number of aromatic nitrogens is 1. The van der Waals surface area contributed by atoms with Crippen LogP contribution in [-0.2, 0) is 17.8 Å². The largest absolute Gasteiger partial charge is 0.496 e. The number of fused-ring (bicyclic) bond motifs is 5. The van der Waals surface area contributed by atoms with Gasteiger partial charge in [-0.25, -0.2) is 4.79 Å². The van der Waals surface area contributed by atoms with Crippen LogP contribution in [-0.4, -0.2) is 48.7 Å². The Morgan fingerprint density at radius 3 is 2.70 bits per heavy atom. The van der Waals surface area contributed by atoms with Crippen molar-refractivity contribution in [1.29, 1.82) is 0 Å². The molecule has 2 atom stereocenters. The number of carbonyl (C=O) groups is 1. The topological polar surface area (TPSA) is 93.8 Å². The van der Waals surface area contributed by atoms with Gasteiger partial charge in [0.1, 0.15) is 11.3 Å². The number of amides is 1. The maximum absolute atomic E-state index is 12.8. The zero-order valence-electron chi connectivity index (χ0n) is 22.6. The summed E-state index contributed by atoms with van der Waals surface area (Å²) in [5, 5.41) is 3.88. The fraction of sp³-hybridized carbons (Fsp3) is 0.344. The highest BCUT2D eigenvalue weighted by Gasteiger charge is 2.34. The van der Waals surface area contributed by atoms with Crippen molar-refractivity contribution < 1.29 is 13.9 Å². The third kappa shape index (κ3) is 5.31. The standard InChI is InChI=1S/C32H33N3O5/c1-39-28-17-29-26(25(16-32(38)40-29)22-6-3-2-4-7-22)15-23(28)10-11-30(36)33-12-13-34-18-21-14-24(20-34)27-8-5-9-31(37)35(27)19-21/h2-9,15-17,21,24H,10-14,18-20H2,1H3,(H,33,36). The van der Waals surface area contributed by atoms with Crippen molar-refractivity contribution in [3.63, 3.8) is 0 Å². The smallest absolute Gasteiger partial charge is 0.336 e. The van der Waals surface area contributed by atoms with Crippen LogP contribution in [0.2, 0.25) is 0 Å². The van der Waals surface area contributed by atoms with E-state index in [1.165, 1.54) is 6.07 Å². The van der Waals surface area contributed by atoms with Crippen LogP contribution in [0.3, 0.4) is 0 Å². The molecule has 2 unspecified atom stereocenters. The number of hydrogen-bond donors (Lipinski definition) is 1. The lowest BCUT2D eigenvalue weighted by atomic mass is 9.83. The maximum Gasteiger partial charge on any atom is 0.336 e. The lowest BCUT2D eigenvalue weighted by Gasteiger charge is -2.42. The van der Waals surface area contributed by atoms with Crippen molar-refractivity contribution in [2.24, 2.45) is 5.92 Å². The Kier molecular flexibility index (Phi) is 7.26. The summed E-state index contributed by atoms with van der Waals surface area (Å²) in [4.78, 5) is 39.7. The van der Waals surface area contributed by atoms with E-state index in [4.69, 9.17) is 9.15 Å². The summed E-state index contributed by atoms with van der Waals surface area (Å²) in [5.41, 5.74) is 3.86. The number of nitrogens with zero attached hydrogens (tertiary/aromatic N) is 2. The average Bonchev–Trinajstić information content (AvgIpc) is 2.96. The van der Waals surface area contributed by atoms with Crippen molar-refractivity contribution >= 4 is 16.9 Å². The average molecular weight is 540 g/mol. The first-order chi connectivity index (χ1) is 19.5. The van der Waals surface area contributed by atoms with Crippen LogP contribution in [0, 0.1) is 5.92 Å². The number of carbonyl (C=O) groups excluding carboxylic acids is 1. The van der Waals surface area contributed by atoms with Gasteiger partial charge in [-0.15, -0.1) is 0 Å². The third-order valence-electron chi connectivity index (χ3n) is 8.16. The van der Waals surface area contributed by atoms with Crippen molar-refractivity contribution in [2.75, 3.05) is 33.3 Å². The van der Waals surface area contributed by atoms with Gasteiger partial charge in [-0.05, 0) is 47.6 Å². The van der Waals surface area contributed by atoms with Gasteiger partial charge in [0.15, 0.2) is 0 Å². The lowest BCUT2D eigenvalue weighted by molar-refractivity contribution is -0.121. The molecular formula is C32H33N3O5. The molecule has 2 aromatic heterocycles. The second kappa shape index (κ2) is 11.1. The van der Waals surface area contributed by atoms with Gasteiger partial charge >= 0.3 is 5.63 Å². The number of nitrogens with one attached hydrogen (secondary N) is 1. The highest BCUT2D eigenvalue weighted by molar-refractivity contribution is 5.94. The molecule has 4 heterocycles. The molecule has 8 nitrogen and oxygen atoms in total. The van der Waals surface area contributed by atoms with E-state index in [0.717, 1.165) is 60.4 Å². The molecule has 206 valence electrons. The normalized spacial score (nSPS) is 18.3. The Morgan fingerprint density at radius 1 is 1.02 bits per heavy atom. The van der Waals surface area contributed by atoms with Gasteiger partial charge < -0.3 is 23.9 Å². The van der Waals surface area contributed by atoms with Crippen molar-refractivity contribution in [3.05, 3.63) is 98.8 Å². The number of rotatable bonds is 8. The van der Waals surface area contributed by atoms with Crippen molar-refractivity contribution in [1.82, 2.24) is 14.8 Å². The zero-order valence-corrected chi connectivity index (χ0v) is 22.6. The Hall–Kier alpha value is -4.17. The Bertz CT molecular complexity index is 1660. The Balaban J connectivity index is 1.09. The SMILES string of the molecule is COc1cc2oc(=O)cc(-c3ccccc3)c2cc1CCC(=O)NCCN1CC2CC(C1)c1cccc(=O)n1C2. The van der Waals surface area contributed by atoms with Gasteiger partial charge in [-0.1, -0.05) is 36.4 Å². The van der Waals surface area contributed by atoms with Gasteiger partial charge in [0.25, 0.3) is 5.56 Å². The van der Waals surface area contributed by atoms with Crippen LogP contribution < -0.4 is 21.2 Å². The molecule has 40 heavy (non-hydrogen) atoms. The molecular weight excluding hydrogens is 506 g/mol. The second-order valence-electron chi connectivity index (χ2n) is 10.8. The molecule has 0 aliphatic carbocycles. The quantitative estimate of drug-likeness (QED) is 0.343. The molecule has 6 rings (SSSR count). The molecule has 8 heteroatoms. The zero-order chi connectivity index (χ0) is 27.6. The number of pyridine rings is 1. The molecule has 2 aliphatic rings. The number of benzene rings is 2. The molecule has 1 N–H and O–H groups in total. The van der Waals surface area contributed by atoms with E-state index < -0.39 is 5.63 Å². The van der Waals surface area contributed by atoms with E-state index >= 15 is 0 Å². The van der Waals surface area contributed by atoms with Crippen LogP contribution in [0.1, 0.15) is 30.0 Å². The van der Waals surface area contributed by atoms with E-state index in [0.29, 0.717) is 42.6 Å². The van der Waals surface area contributed by atoms with Gasteiger partial charge in [0, 0.05) is 74.3 Å². The number of aryl methyl sites for hydroxylation is 1. The summed E-state index contributed by atoms with van der Waals surface area (Å²) in [6.07, 6.45) is 1.94. The highest BCUT2D eigenvalue weighted by Crippen LogP contribution is 2.35. The number of ether oxygens (including phenoxy) is 1. The fourth-order valence-electron chi connectivity index (χ4n) is 6.34. The molecule has 1 saturated heterocycles. The Morgan fingerprint density at radius 2 is 1.88 bits per heavy atom. The summed E-state index contributed by atoms with van der Waals surface area (Å²) in [6, 6.07) is 20.5. The minimum atomic E-state index is -0.420. The Labute approximate surface area is 232 Å². The highest BCUT2D eigenvalue weighted by atomic mass is 16.5. The minimum Gasteiger partial charge on any atom is -0.496 e. The first-order valence-corrected chi connectivity index (χ1v) is 13.9. The van der Waals surface area contributed by atoms with Gasteiger partial charge in [0.05, 0.1) is 7.11 Å².